The van der Waals surface area contributed by atoms with Crippen LogP contribution in [0.25, 0.3) is 5.52 Å². The van der Waals surface area contributed by atoms with E-state index in [-0.39, 0.29) is 12.8 Å². The molecule has 3 heterocycles. The molecule has 1 aliphatic heterocycles. The van der Waals surface area contributed by atoms with Gasteiger partial charge in [-0.15, -0.1) is 0 Å². The maximum atomic E-state index is 13.6. The van der Waals surface area contributed by atoms with Crippen molar-refractivity contribution in [1.29, 1.82) is 0 Å². The number of aromatic nitrogens is 3. The van der Waals surface area contributed by atoms with Gasteiger partial charge < -0.3 is 10.0 Å². The molecule has 0 aliphatic carbocycles. The fraction of sp³-hybridized carbons (Fsp3) is 0.600. The highest BCUT2D eigenvalue weighted by Gasteiger charge is 2.39. The van der Waals surface area contributed by atoms with Crippen LogP contribution in [0.1, 0.15) is 18.4 Å². The molecule has 2 aromatic rings. The number of nitrogens with zero attached hydrogens (tertiary/aromatic N) is 5. The molecule has 3 rings (SSSR count). The maximum absolute atomic E-state index is 13.6. The Hall–Kier alpha value is -1.60. The Morgan fingerprint density at radius 1 is 1.43 bits per heavy atom. The standard InChI is InChI=1S/C15H21ClF2N6O3S/c1-10-6-12(16)24-13(10)14(20-9-21-24)22-4-2-11(3-5-22)23(28(19,26)27)7-15(17,18)8-25/h6,9,11,25H,2-5,7-8H2,1H3,(H2,19,26,27). The lowest BCUT2D eigenvalue weighted by molar-refractivity contribution is -0.0655. The summed E-state index contributed by atoms with van der Waals surface area (Å²) in [5.41, 5.74) is 1.62. The predicted molar refractivity (Wildman–Crippen MR) is 99.8 cm³/mol. The predicted octanol–water partition coefficient (Wildman–Crippen LogP) is 0.793. The molecule has 0 saturated carbocycles. The van der Waals surface area contributed by atoms with Crippen molar-refractivity contribution in [1.82, 2.24) is 18.9 Å². The van der Waals surface area contributed by atoms with Crippen LogP contribution in [0.4, 0.5) is 14.6 Å². The Morgan fingerprint density at radius 3 is 2.64 bits per heavy atom. The zero-order valence-electron chi connectivity index (χ0n) is 15.1. The van der Waals surface area contributed by atoms with Crippen molar-refractivity contribution >= 4 is 33.1 Å². The van der Waals surface area contributed by atoms with E-state index in [9.17, 15) is 17.2 Å². The Morgan fingerprint density at radius 2 is 2.07 bits per heavy atom. The quantitative estimate of drug-likeness (QED) is 0.688. The zero-order valence-corrected chi connectivity index (χ0v) is 16.7. The van der Waals surface area contributed by atoms with E-state index in [0.717, 1.165) is 11.1 Å². The second kappa shape index (κ2) is 7.67. The smallest absolute Gasteiger partial charge is 0.284 e. The summed E-state index contributed by atoms with van der Waals surface area (Å²) in [7, 11) is -4.35. The monoisotopic (exact) mass is 438 g/mol. The van der Waals surface area contributed by atoms with Gasteiger partial charge in [0.25, 0.3) is 16.1 Å². The summed E-state index contributed by atoms with van der Waals surface area (Å²) < 4.78 is 53.0. The van der Waals surface area contributed by atoms with Gasteiger partial charge in [-0.05, 0) is 31.4 Å². The lowest BCUT2D eigenvalue weighted by Gasteiger charge is -2.38. The molecular weight excluding hydrogens is 418 g/mol. The van der Waals surface area contributed by atoms with Gasteiger partial charge in [-0.1, -0.05) is 11.6 Å². The van der Waals surface area contributed by atoms with Crippen LogP contribution < -0.4 is 10.0 Å². The summed E-state index contributed by atoms with van der Waals surface area (Å²) >= 11 is 6.15. The molecule has 2 aromatic heterocycles. The number of halogens is 3. The van der Waals surface area contributed by atoms with Crippen molar-refractivity contribution < 1.29 is 22.3 Å². The minimum Gasteiger partial charge on any atom is -0.390 e. The van der Waals surface area contributed by atoms with E-state index in [4.69, 9.17) is 21.8 Å². The minimum atomic E-state index is -4.35. The van der Waals surface area contributed by atoms with E-state index in [1.807, 2.05) is 11.8 Å². The summed E-state index contributed by atoms with van der Waals surface area (Å²) in [6.45, 7) is 0.0380. The summed E-state index contributed by atoms with van der Waals surface area (Å²) in [5, 5.41) is 18.5. The number of rotatable bonds is 6. The van der Waals surface area contributed by atoms with Gasteiger partial charge in [0, 0.05) is 19.1 Å². The Labute approximate surface area is 165 Å². The van der Waals surface area contributed by atoms with E-state index >= 15 is 0 Å². The van der Waals surface area contributed by atoms with E-state index < -0.39 is 35.3 Å². The minimum absolute atomic E-state index is 0.279. The molecule has 28 heavy (non-hydrogen) atoms. The summed E-state index contributed by atoms with van der Waals surface area (Å²) in [5.74, 6) is -2.93. The van der Waals surface area contributed by atoms with Crippen LogP contribution in [0.5, 0.6) is 0 Å². The number of hydrogen-bond donors (Lipinski definition) is 2. The second-order valence-electron chi connectivity index (χ2n) is 6.82. The third-order valence-electron chi connectivity index (χ3n) is 4.80. The summed E-state index contributed by atoms with van der Waals surface area (Å²) in [6.07, 6.45) is 1.93. The van der Waals surface area contributed by atoms with Gasteiger partial charge in [-0.2, -0.15) is 17.8 Å². The molecule has 13 heteroatoms. The maximum Gasteiger partial charge on any atom is 0.284 e. The molecule has 0 bridgehead atoms. The highest BCUT2D eigenvalue weighted by molar-refractivity contribution is 7.86. The van der Waals surface area contributed by atoms with Gasteiger partial charge in [0.15, 0.2) is 5.82 Å². The molecule has 9 nitrogen and oxygen atoms in total. The molecule has 1 aliphatic rings. The van der Waals surface area contributed by atoms with Gasteiger partial charge >= 0.3 is 0 Å². The van der Waals surface area contributed by atoms with Gasteiger partial charge in [-0.25, -0.2) is 23.4 Å². The first-order valence-corrected chi connectivity index (χ1v) is 10.4. The first-order chi connectivity index (χ1) is 13.0. The third kappa shape index (κ3) is 4.20. The number of aliphatic hydroxyl groups excluding tert-OH is 1. The first-order valence-electron chi connectivity index (χ1n) is 8.55. The number of nitrogens with two attached hydrogens (primary N) is 1. The zero-order chi connectivity index (χ0) is 20.7. The summed E-state index contributed by atoms with van der Waals surface area (Å²) in [6, 6.07) is 1.07. The molecule has 0 aromatic carbocycles. The number of hydrogen-bond acceptors (Lipinski definition) is 6. The Kier molecular flexibility index (Phi) is 5.79. The molecule has 1 fully saturated rings. The van der Waals surface area contributed by atoms with Crippen LogP contribution in [0.3, 0.4) is 0 Å². The van der Waals surface area contributed by atoms with E-state index in [0.29, 0.717) is 28.4 Å². The van der Waals surface area contributed by atoms with Crippen LogP contribution in [-0.4, -0.2) is 70.6 Å². The van der Waals surface area contributed by atoms with Crippen molar-refractivity contribution in [3.8, 4) is 0 Å². The highest BCUT2D eigenvalue weighted by Crippen LogP contribution is 2.30. The molecule has 0 spiro atoms. The fourth-order valence-electron chi connectivity index (χ4n) is 3.46. The normalized spacial score (nSPS) is 17.0. The molecule has 0 atom stereocenters. The van der Waals surface area contributed by atoms with Crippen LogP contribution in [-0.2, 0) is 10.2 Å². The van der Waals surface area contributed by atoms with Crippen molar-refractivity contribution in [3.63, 3.8) is 0 Å². The second-order valence-corrected chi connectivity index (χ2v) is 8.70. The van der Waals surface area contributed by atoms with E-state index in [1.54, 1.807) is 10.6 Å². The number of anilines is 1. The van der Waals surface area contributed by atoms with Gasteiger partial charge in [-0.3, -0.25) is 0 Å². The van der Waals surface area contributed by atoms with Crippen LogP contribution >= 0.6 is 11.6 Å². The molecule has 1 saturated heterocycles. The first kappa shape index (κ1) is 21.1. The number of piperidine rings is 1. The number of aryl methyl sites for hydroxylation is 1. The molecule has 3 N–H and O–H groups in total. The van der Waals surface area contributed by atoms with Crippen molar-refractivity contribution in [3.05, 3.63) is 23.1 Å². The van der Waals surface area contributed by atoms with Crippen molar-refractivity contribution in [2.24, 2.45) is 5.14 Å². The lowest BCUT2D eigenvalue weighted by atomic mass is 10.0. The topological polar surface area (TPSA) is 117 Å². The Balaban J connectivity index is 1.80. The molecule has 0 radical (unpaired) electrons. The molecular formula is C15H21ClF2N6O3S. The number of fused-ring (bicyclic) bond motifs is 1. The third-order valence-corrected chi connectivity index (χ3v) is 6.15. The fourth-order valence-corrected chi connectivity index (χ4v) is 4.75. The van der Waals surface area contributed by atoms with Gasteiger partial charge in [0.05, 0.1) is 6.54 Å². The van der Waals surface area contributed by atoms with Crippen molar-refractivity contribution in [2.75, 3.05) is 31.1 Å². The molecule has 0 amide bonds. The van der Waals surface area contributed by atoms with Gasteiger partial charge in [0.1, 0.15) is 23.6 Å². The SMILES string of the molecule is Cc1cc(Cl)n2ncnc(N3CCC(N(CC(F)(F)CO)S(N)(=O)=O)CC3)c12. The highest BCUT2D eigenvalue weighted by atomic mass is 35.5. The number of aliphatic hydroxyl groups is 1. The van der Waals surface area contributed by atoms with E-state index in [1.165, 1.54) is 6.33 Å². The molecule has 156 valence electrons. The van der Waals surface area contributed by atoms with Crippen LogP contribution in [0, 0.1) is 6.92 Å². The lowest BCUT2D eigenvalue weighted by Crippen LogP contribution is -2.54. The van der Waals surface area contributed by atoms with Crippen LogP contribution in [0.2, 0.25) is 5.15 Å². The Bertz CT molecular complexity index is 962. The summed E-state index contributed by atoms with van der Waals surface area (Å²) in [4.78, 5) is 6.25. The van der Waals surface area contributed by atoms with Crippen molar-refractivity contribution in [2.45, 2.75) is 31.7 Å². The van der Waals surface area contributed by atoms with Gasteiger partial charge in [0.2, 0.25) is 0 Å². The molecule has 0 unspecified atom stereocenters. The van der Waals surface area contributed by atoms with Crippen LogP contribution in [0.15, 0.2) is 12.4 Å². The average Bonchev–Trinajstić information content (AvgIpc) is 2.93. The number of alkyl halides is 2. The average molecular weight is 439 g/mol. The van der Waals surface area contributed by atoms with E-state index in [2.05, 4.69) is 10.1 Å². The largest absolute Gasteiger partial charge is 0.390 e.